The highest BCUT2D eigenvalue weighted by atomic mass is 16.6. The van der Waals surface area contributed by atoms with Crippen molar-refractivity contribution in [3.63, 3.8) is 0 Å². The van der Waals surface area contributed by atoms with Gasteiger partial charge in [0.25, 0.3) is 11.8 Å². The van der Waals surface area contributed by atoms with Gasteiger partial charge in [0.15, 0.2) is 0 Å². The van der Waals surface area contributed by atoms with Gasteiger partial charge in [-0.05, 0) is 52.9 Å². The van der Waals surface area contributed by atoms with Crippen molar-refractivity contribution < 1.29 is 80.9 Å². The van der Waals surface area contributed by atoms with Crippen molar-refractivity contribution in [2.75, 3.05) is 152 Å². The van der Waals surface area contributed by atoms with Gasteiger partial charge in [0.1, 0.15) is 18.2 Å². The van der Waals surface area contributed by atoms with Crippen LogP contribution in [-0.2, 0) is 80.9 Å². The number of methoxy groups -OCH3 is 1. The van der Waals surface area contributed by atoms with Crippen molar-refractivity contribution >= 4 is 35.5 Å². The van der Waals surface area contributed by atoms with E-state index in [1.165, 1.54) is 12.2 Å². The van der Waals surface area contributed by atoms with E-state index in [9.17, 15) is 28.8 Å². The van der Waals surface area contributed by atoms with Crippen molar-refractivity contribution in [2.45, 2.75) is 77.4 Å². The molecule has 0 saturated carbocycles. The molecule has 1 aliphatic rings. The highest BCUT2D eigenvalue weighted by molar-refractivity contribution is 6.12. The Labute approximate surface area is 378 Å². The minimum Gasteiger partial charge on any atom is -0.460 e. The summed E-state index contributed by atoms with van der Waals surface area (Å²) in [5.74, 6) is -2.33. The van der Waals surface area contributed by atoms with Gasteiger partial charge in [-0.25, -0.2) is 0 Å². The molecule has 0 aliphatic carbocycles. The van der Waals surface area contributed by atoms with Gasteiger partial charge in [-0.2, -0.15) is 0 Å². The molecular weight excluding hydrogens is 844 g/mol. The molecule has 0 aromatic carbocycles. The maximum absolute atomic E-state index is 13.0. The van der Waals surface area contributed by atoms with Gasteiger partial charge in [0.05, 0.1) is 119 Å². The van der Waals surface area contributed by atoms with E-state index in [1.54, 1.807) is 27.9 Å². The van der Waals surface area contributed by atoms with Crippen molar-refractivity contribution in [1.82, 2.24) is 20.9 Å². The van der Waals surface area contributed by atoms with Gasteiger partial charge in [-0.15, -0.1) is 0 Å². The Balaban J connectivity index is 2.03. The van der Waals surface area contributed by atoms with E-state index in [4.69, 9.17) is 52.1 Å². The van der Waals surface area contributed by atoms with Gasteiger partial charge < -0.3 is 68.1 Å². The number of amides is 5. The molecule has 0 aromatic heterocycles. The molecule has 1 rings (SSSR count). The Morgan fingerprint density at radius 1 is 0.547 bits per heavy atom. The van der Waals surface area contributed by atoms with Crippen LogP contribution in [0.3, 0.4) is 0 Å². The molecule has 1 atom stereocenters. The number of unbranched alkanes of at least 4 members (excludes halogenated alkanes) is 1. The molecule has 1 aliphatic heterocycles. The predicted octanol–water partition coefficient (Wildman–Crippen LogP) is 0.497. The SMILES string of the molecule is COCCOCCOCCOCCOCCOCCOCCOCCOCCOCC(=O)NCCCCC(NC(=O)CCCN1C(=O)C=CC1=O)C(=O)NCCCC(=O)OC(C)(C)C. The molecule has 0 bridgehead atoms. The summed E-state index contributed by atoms with van der Waals surface area (Å²) in [4.78, 5) is 74.5. The Hall–Kier alpha value is -3.64. The number of carbonyl (C=O) groups excluding carboxylic acids is 6. The highest BCUT2D eigenvalue weighted by Gasteiger charge is 2.24. The first-order valence-electron chi connectivity index (χ1n) is 22.2. The molecule has 3 N–H and O–H groups in total. The second-order valence-electron chi connectivity index (χ2n) is 15.2. The number of hydrogen-bond donors (Lipinski definition) is 3. The zero-order chi connectivity index (χ0) is 46.9. The van der Waals surface area contributed by atoms with Crippen LogP contribution in [-0.4, -0.2) is 204 Å². The molecule has 64 heavy (non-hydrogen) atoms. The van der Waals surface area contributed by atoms with Crippen molar-refractivity contribution in [1.29, 1.82) is 0 Å². The molecule has 370 valence electrons. The van der Waals surface area contributed by atoms with Crippen LogP contribution in [0.4, 0.5) is 0 Å². The normalized spacial score (nSPS) is 13.1. The maximum Gasteiger partial charge on any atom is 0.306 e. The smallest absolute Gasteiger partial charge is 0.306 e. The fraction of sp³-hybridized carbons (Fsp3) is 0.814. The third-order valence-electron chi connectivity index (χ3n) is 8.50. The summed E-state index contributed by atoms with van der Waals surface area (Å²) < 4.78 is 59.1. The van der Waals surface area contributed by atoms with E-state index in [0.29, 0.717) is 145 Å². The summed E-state index contributed by atoms with van der Waals surface area (Å²) >= 11 is 0. The number of imide groups is 1. The minimum absolute atomic E-state index is 0.00420. The molecular formula is C43H76N4O17. The predicted molar refractivity (Wildman–Crippen MR) is 231 cm³/mol. The molecule has 1 heterocycles. The number of esters is 1. The summed E-state index contributed by atoms with van der Waals surface area (Å²) in [7, 11) is 1.63. The molecule has 1 unspecified atom stereocenters. The number of nitrogens with one attached hydrogen (secondary N) is 3. The number of hydrogen-bond acceptors (Lipinski definition) is 17. The molecule has 0 saturated heterocycles. The lowest BCUT2D eigenvalue weighted by Crippen LogP contribution is -2.47. The first-order chi connectivity index (χ1) is 30.9. The first-order valence-corrected chi connectivity index (χ1v) is 22.2. The zero-order valence-corrected chi connectivity index (χ0v) is 38.6. The van der Waals surface area contributed by atoms with Crippen molar-refractivity contribution in [3.8, 4) is 0 Å². The Morgan fingerprint density at radius 2 is 0.984 bits per heavy atom. The largest absolute Gasteiger partial charge is 0.460 e. The van der Waals surface area contributed by atoms with Gasteiger partial charge in [-0.3, -0.25) is 33.7 Å². The van der Waals surface area contributed by atoms with Crippen LogP contribution in [0.15, 0.2) is 12.2 Å². The Morgan fingerprint density at radius 3 is 1.44 bits per heavy atom. The Kier molecular flexibility index (Phi) is 36.2. The van der Waals surface area contributed by atoms with Gasteiger partial charge in [0, 0.05) is 51.7 Å². The zero-order valence-electron chi connectivity index (χ0n) is 38.6. The molecule has 0 spiro atoms. The van der Waals surface area contributed by atoms with E-state index in [2.05, 4.69) is 16.0 Å². The van der Waals surface area contributed by atoms with Gasteiger partial charge in [-0.1, -0.05) is 0 Å². The molecule has 21 nitrogen and oxygen atoms in total. The topological polar surface area (TPSA) is 243 Å². The first kappa shape index (κ1) is 58.4. The van der Waals surface area contributed by atoms with Crippen molar-refractivity contribution in [2.24, 2.45) is 0 Å². The Bertz CT molecular complexity index is 1280. The monoisotopic (exact) mass is 921 g/mol. The van der Waals surface area contributed by atoms with Crippen molar-refractivity contribution in [3.05, 3.63) is 12.2 Å². The van der Waals surface area contributed by atoms with Crippen LogP contribution < -0.4 is 16.0 Å². The fourth-order valence-corrected chi connectivity index (χ4v) is 5.36. The lowest BCUT2D eigenvalue weighted by atomic mass is 10.1. The molecule has 0 aromatic rings. The third kappa shape index (κ3) is 35.7. The summed E-state index contributed by atoms with van der Waals surface area (Å²) in [6.45, 7) is 13.9. The molecule has 5 amide bonds. The van der Waals surface area contributed by atoms with E-state index in [1.807, 2.05) is 0 Å². The molecule has 21 heteroatoms. The lowest BCUT2D eigenvalue weighted by Gasteiger charge is -2.20. The number of ether oxygens (including phenoxy) is 11. The third-order valence-corrected chi connectivity index (χ3v) is 8.50. The average Bonchev–Trinajstić information content (AvgIpc) is 3.57. The van der Waals surface area contributed by atoms with E-state index >= 15 is 0 Å². The second kappa shape index (κ2) is 39.7. The number of nitrogens with zero attached hydrogens (tertiary/aromatic N) is 1. The summed E-state index contributed by atoms with van der Waals surface area (Å²) in [6, 6.07) is -0.857. The fourth-order valence-electron chi connectivity index (χ4n) is 5.36. The highest BCUT2D eigenvalue weighted by Crippen LogP contribution is 2.10. The van der Waals surface area contributed by atoms with Crippen LogP contribution in [0.1, 0.15) is 65.7 Å². The van der Waals surface area contributed by atoms with E-state index < -0.39 is 35.3 Å². The van der Waals surface area contributed by atoms with E-state index in [-0.39, 0.29) is 57.4 Å². The second-order valence-corrected chi connectivity index (χ2v) is 15.2. The maximum atomic E-state index is 13.0. The van der Waals surface area contributed by atoms with Gasteiger partial charge in [0.2, 0.25) is 17.7 Å². The van der Waals surface area contributed by atoms with E-state index in [0.717, 1.165) is 4.90 Å². The van der Waals surface area contributed by atoms with Crippen LogP contribution in [0.5, 0.6) is 0 Å². The van der Waals surface area contributed by atoms with Crippen LogP contribution >= 0.6 is 0 Å². The minimum atomic E-state index is -0.857. The van der Waals surface area contributed by atoms with Gasteiger partial charge >= 0.3 is 5.97 Å². The number of rotatable bonds is 44. The molecule has 0 fully saturated rings. The summed E-state index contributed by atoms with van der Waals surface area (Å²) in [5, 5.41) is 8.27. The quantitative estimate of drug-likeness (QED) is 0.0428. The number of carbonyl (C=O) groups is 6. The van der Waals surface area contributed by atoms with Crippen LogP contribution in [0, 0.1) is 0 Å². The summed E-state index contributed by atoms with van der Waals surface area (Å²) in [6.07, 6.45) is 4.43. The van der Waals surface area contributed by atoms with Crippen LogP contribution in [0.25, 0.3) is 0 Å². The lowest BCUT2D eigenvalue weighted by molar-refractivity contribution is -0.155. The van der Waals surface area contributed by atoms with Crippen LogP contribution in [0.2, 0.25) is 0 Å². The summed E-state index contributed by atoms with van der Waals surface area (Å²) in [5.41, 5.74) is -0.607. The standard InChI is InChI=1S/C43H76N4O17/c1-43(2,3)64-41(52)11-7-15-45-42(53)36(46-37(48)10-8-16-47-39(50)12-13-40(47)51)9-5-6-14-44-38(49)35-63-34-33-62-32-31-61-30-29-60-28-27-59-26-25-58-24-23-57-22-21-56-20-19-55-18-17-54-4/h12-13,36H,5-11,14-35H2,1-4H3,(H,44,49)(H,45,53)(H,46,48). The average molecular weight is 921 g/mol. The molecule has 0 radical (unpaired) electrons.